The molecular formula is C16H13N3O5S2. The number of aromatic nitrogens is 1. The summed E-state index contributed by atoms with van der Waals surface area (Å²) >= 11 is 2.82. The lowest BCUT2D eigenvalue weighted by Crippen LogP contribution is -2.41. The third-order valence-corrected chi connectivity index (χ3v) is 4.92. The van der Waals surface area contributed by atoms with Crippen molar-refractivity contribution < 1.29 is 23.5 Å². The van der Waals surface area contributed by atoms with Gasteiger partial charge in [-0.2, -0.15) is 0 Å². The lowest BCUT2D eigenvalue weighted by atomic mass is 10.4. The van der Waals surface area contributed by atoms with Gasteiger partial charge in [0.05, 0.1) is 17.7 Å². The Labute approximate surface area is 155 Å². The summed E-state index contributed by atoms with van der Waals surface area (Å²) in [5.74, 6) is -0.927. The maximum absolute atomic E-state index is 11.9. The van der Waals surface area contributed by atoms with Gasteiger partial charge in [-0.15, -0.1) is 22.7 Å². The number of thiophene rings is 1. The van der Waals surface area contributed by atoms with E-state index in [0.29, 0.717) is 10.8 Å². The third kappa shape index (κ3) is 4.77. The Hall–Kier alpha value is -2.98. The number of rotatable bonds is 6. The molecule has 0 spiro atoms. The average Bonchev–Trinajstić information content (AvgIpc) is 3.39. The SMILES string of the molecule is O=C(COC(=O)c1csc(-c2cccs2)n1)NC(=O)NCc1ccco1. The molecule has 3 rings (SSSR count). The van der Waals surface area contributed by atoms with Crippen LogP contribution in [0, 0.1) is 0 Å². The molecule has 3 amide bonds. The Kier molecular flexibility index (Phi) is 5.77. The van der Waals surface area contributed by atoms with E-state index in [1.165, 1.54) is 28.9 Å². The number of carbonyl (C=O) groups excluding carboxylic acids is 3. The van der Waals surface area contributed by atoms with Crippen LogP contribution < -0.4 is 10.6 Å². The number of amides is 3. The average molecular weight is 391 g/mol. The number of carbonyl (C=O) groups is 3. The zero-order valence-corrected chi connectivity index (χ0v) is 14.9. The van der Waals surface area contributed by atoms with Crippen molar-refractivity contribution in [2.24, 2.45) is 0 Å². The van der Waals surface area contributed by atoms with E-state index in [1.807, 2.05) is 17.5 Å². The van der Waals surface area contributed by atoms with Crippen molar-refractivity contribution in [3.8, 4) is 9.88 Å². The minimum absolute atomic E-state index is 0.119. The Morgan fingerprint density at radius 3 is 2.81 bits per heavy atom. The van der Waals surface area contributed by atoms with Crippen LogP contribution in [0.5, 0.6) is 0 Å². The highest BCUT2D eigenvalue weighted by Crippen LogP contribution is 2.27. The molecule has 10 heteroatoms. The molecular weight excluding hydrogens is 378 g/mol. The number of hydrogen-bond donors (Lipinski definition) is 2. The van der Waals surface area contributed by atoms with Crippen LogP contribution in [0.3, 0.4) is 0 Å². The molecule has 0 radical (unpaired) electrons. The van der Waals surface area contributed by atoms with Gasteiger partial charge in [-0.25, -0.2) is 14.6 Å². The first-order chi connectivity index (χ1) is 12.6. The summed E-state index contributed by atoms with van der Waals surface area (Å²) in [4.78, 5) is 40.3. The van der Waals surface area contributed by atoms with E-state index < -0.39 is 24.5 Å². The van der Waals surface area contributed by atoms with Gasteiger partial charge in [0.1, 0.15) is 10.8 Å². The lowest BCUT2D eigenvalue weighted by Gasteiger charge is -2.05. The van der Waals surface area contributed by atoms with Gasteiger partial charge < -0.3 is 14.5 Å². The van der Waals surface area contributed by atoms with Gasteiger partial charge >= 0.3 is 12.0 Å². The Morgan fingerprint density at radius 1 is 1.19 bits per heavy atom. The maximum Gasteiger partial charge on any atom is 0.358 e. The molecule has 0 aliphatic heterocycles. The number of nitrogens with one attached hydrogen (secondary N) is 2. The van der Waals surface area contributed by atoms with E-state index in [4.69, 9.17) is 9.15 Å². The number of urea groups is 1. The monoisotopic (exact) mass is 391 g/mol. The van der Waals surface area contributed by atoms with E-state index in [0.717, 1.165) is 4.88 Å². The van der Waals surface area contributed by atoms with Crippen molar-refractivity contribution in [2.75, 3.05) is 6.61 Å². The second-order valence-electron chi connectivity index (χ2n) is 4.90. The predicted molar refractivity (Wildman–Crippen MR) is 94.8 cm³/mol. The summed E-state index contributed by atoms with van der Waals surface area (Å²) in [7, 11) is 0. The summed E-state index contributed by atoms with van der Waals surface area (Å²) in [5.41, 5.74) is 0.119. The van der Waals surface area contributed by atoms with Gasteiger partial charge in [0.25, 0.3) is 5.91 Å². The second kappa shape index (κ2) is 8.41. The minimum atomic E-state index is -0.746. The van der Waals surface area contributed by atoms with Crippen molar-refractivity contribution in [3.63, 3.8) is 0 Å². The summed E-state index contributed by atoms with van der Waals surface area (Å²) in [6.45, 7) is -0.449. The molecule has 0 aromatic carbocycles. The minimum Gasteiger partial charge on any atom is -0.467 e. The van der Waals surface area contributed by atoms with Crippen LogP contribution >= 0.6 is 22.7 Å². The first kappa shape index (κ1) is 17.8. The first-order valence-corrected chi connectivity index (χ1v) is 9.14. The van der Waals surface area contributed by atoms with Gasteiger partial charge in [-0.1, -0.05) is 6.07 Å². The molecule has 0 bridgehead atoms. The fourth-order valence-corrected chi connectivity index (χ4v) is 3.48. The molecule has 2 N–H and O–H groups in total. The molecule has 0 fully saturated rings. The van der Waals surface area contributed by atoms with Gasteiger partial charge in [0, 0.05) is 5.38 Å². The molecule has 0 saturated heterocycles. The van der Waals surface area contributed by atoms with Gasteiger partial charge in [0.2, 0.25) is 0 Å². The smallest absolute Gasteiger partial charge is 0.358 e. The molecule has 0 unspecified atom stereocenters. The number of ether oxygens (including phenoxy) is 1. The van der Waals surface area contributed by atoms with Gasteiger partial charge in [-0.05, 0) is 23.6 Å². The number of nitrogens with zero attached hydrogens (tertiary/aromatic N) is 1. The summed E-state index contributed by atoms with van der Waals surface area (Å²) in [6, 6.07) is 6.44. The number of furan rings is 1. The topological polar surface area (TPSA) is 111 Å². The van der Waals surface area contributed by atoms with Crippen molar-refractivity contribution in [1.82, 2.24) is 15.6 Å². The molecule has 3 aromatic heterocycles. The molecule has 0 saturated carbocycles. The Bertz CT molecular complexity index is 887. The molecule has 0 aliphatic carbocycles. The lowest BCUT2D eigenvalue weighted by molar-refractivity contribution is -0.123. The molecule has 0 aliphatic rings. The molecule has 8 nitrogen and oxygen atoms in total. The van der Waals surface area contributed by atoms with Crippen molar-refractivity contribution >= 4 is 40.6 Å². The van der Waals surface area contributed by atoms with Crippen LogP contribution in [0.1, 0.15) is 16.2 Å². The van der Waals surface area contributed by atoms with Gasteiger partial charge in [0.15, 0.2) is 12.3 Å². The molecule has 3 heterocycles. The van der Waals surface area contributed by atoms with Crippen molar-refractivity contribution in [3.05, 3.63) is 52.7 Å². The van der Waals surface area contributed by atoms with E-state index in [2.05, 4.69) is 15.6 Å². The maximum atomic E-state index is 11.9. The molecule has 134 valence electrons. The Balaban J connectivity index is 1.42. The number of imide groups is 1. The normalized spacial score (nSPS) is 10.3. The fraction of sp³-hybridized carbons (Fsp3) is 0.125. The fourth-order valence-electron chi connectivity index (χ4n) is 1.87. The van der Waals surface area contributed by atoms with Crippen LogP contribution in [0.4, 0.5) is 4.79 Å². The highest BCUT2D eigenvalue weighted by Gasteiger charge is 2.16. The molecule has 0 atom stereocenters. The standard InChI is InChI=1S/C16H13N3O5S2/c20-13(19-16(22)17-7-10-3-1-5-23-10)8-24-15(21)11-9-26-14(18-11)12-4-2-6-25-12/h1-6,9H,7-8H2,(H2,17,19,20,22). The van der Waals surface area contributed by atoms with Crippen LogP contribution in [0.2, 0.25) is 0 Å². The molecule has 26 heavy (non-hydrogen) atoms. The van der Waals surface area contributed by atoms with E-state index in [9.17, 15) is 14.4 Å². The summed E-state index contributed by atoms with van der Waals surface area (Å²) in [5, 5.41) is 8.67. The van der Waals surface area contributed by atoms with Crippen LogP contribution in [-0.2, 0) is 16.1 Å². The molecule has 3 aromatic rings. The van der Waals surface area contributed by atoms with E-state index in [-0.39, 0.29) is 12.2 Å². The van der Waals surface area contributed by atoms with Crippen LogP contribution in [0.25, 0.3) is 9.88 Å². The number of esters is 1. The predicted octanol–water partition coefficient (Wildman–Crippen LogP) is 2.65. The quantitative estimate of drug-likeness (QED) is 0.625. The number of hydrogen-bond acceptors (Lipinski definition) is 8. The van der Waals surface area contributed by atoms with Gasteiger partial charge in [-0.3, -0.25) is 10.1 Å². The number of thiazole rings is 1. The third-order valence-electron chi connectivity index (χ3n) is 3.04. The zero-order chi connectivity index (χ0) is 18.4. The van der Waals surface area contributed by atoms with E-state index >= 15 is 0 Å². The van der Waals surface area contributed by atoms with Crippen LogP contribution in [-0.4, -0.2) is 29.5 Å². The van der Waals surface area contributed by atoms with Crippen molar-refractivity contribution in [1.29, 1.82) is 0 Å². The van der Waals surface area contributed by atoms with Crippen LogP contribution in [0.15, 0.2) is 45.7 Å². The van der Waals surface area contributed by atoms with Crippen molar-refractivity contribution in [2.45, 2.75) is 6.54 Å². The Morgan fingerprint density at radius 2 is 2.08 bits per heavy atom. The van der Waals surface area contributed by atoms with E-state index in [1.54, 1.807) is 17.5 Å². The first-order valence-electron chi connectivity index (χ1n) is 7.38. The second-order valence-corrected chi connectivity index (χ2v) is 6.71. The summed E-state index contributed by atoms with van der Waals surface area (Å²) in [6.07, 6.45) is 1.47. The highest BCUT2D eigenvalue weighted by molar-refractivity contribution is 7.20. The summed E-state index contributed by atoms with van der Waals surface area (Å²) < 4.78 is 9.91. The largest absolute Gasteiger partial charge is 0.467 e. The zero-order valence-electron chi connectivity index (χ0n) is 13.3. The highest BCUT2D eigenvalue weighted by atomic mass is 32.1.